The molecule has 7 nitrogen and oxygen atoms in total. The number of thiazole rings is 1. The van der Waals surface area contributed by atoms with Crippen LogP contribution in [0.2, 0.25) is 0 Å². The summed E-state index contributed by atoms with van der Waals surface area (Å²) in [7, 11) is -3.29. The third kappa shape index (κ3) is 5.46. The number of rotatable bonds is 7. The molecule has 2 atom stereocenters. The summed E-state index contributed by atoms with van der Waals surface area (Å²) < 4.78 is 35.1. The van der Waals surface area contributed by atoms with Crippen LogP contribution in [0.4, 0.5) is 5.13 Å². The van der Waals surface area contributed by atoms with E-state index in [1.54, 1.807) is 24.3 Å². The number of aromatic nitrogens is 1. The first-order chi connectivity index (χ1) is 15.1. The van der Waals surface area contributed by atoms with Crippen LogP contribution in [0.3, 0.4) is 0 Å². The topological polar surface area (TPSA) is 94.6 Å². The Kier molecular flexibility index (Phi) is 6.53. The fourth-order valence-electron chi connectivity index (χ4n) is 4.06. The second-order valence-electron chi connectivity index (χ2n) is 8.82. The molecule has 9 heteroatoms. The zero-order chi connectivity index (χ0) is 22.9. The molecule has 4 rings (SSSR count). The van der Waals surface area contributed by atoms with Crippen molar-refractivity contribution in [3.63, 3.8) is 0 Å². The van der Waals surface area contributed by atoms with E-state index in [9.17, 15) is 13.2 Å². The number of hydrogen-bond acceptors (Lipinski definition) is 7. The summed E-state index contributed by atoms with van der Waals surface area (Å²) in [4.78, 5) is 18.1. The monoisotopic (exact) mass is 476 g/mol. The van der Waals surface area contributed by atoms with Gasteiger partial charge in [0.2, 0.25) is 5.91 Å². The first kappa shape index (κ1) is 23.1. The molecule has 1 N–H and O–H groups in total. The highest BCUT2D eigenvalue weighted by atomic mass is 32.2. The number of nitrogens with zero attached hydrogens (tertiary/aromatic N) is 1. The van der Waals surface area contributed by atoms with E-state index in [0.29, 0.717) is 24.1 Å². The Bertz CT molecular complexity index is 1100. The van der Waals surface area contributed by atoms with Gasteiger partial charge in [0.05, 0.1) is 23.1 Å². The number of anilines is 1. The summed E-state index contributed by atoms with van der Waals surface area (Å²) in [5.41, 5.74) is 1.54. The van der Waals surface area contributed by atoms with Gasteiger partial charge >= 0.3 is 0 Å². The number of amides is 1. The SMILES string of the molecule is CC1(C)OCC(c2csc(NC(=O)C(CC3CC=CC3)c3ccc(S(C)(=O)=O)cc3)n2)O1. The summed E-state index contributed by atoms with van der Waals surface area (Å²) in [5, 5.41) is 5.35. The van der Waals surface area contributed by atoms with Crippen molar-refractivity contribution < 1.29 is 22.7 Å². The molecule has 0 radical (unpaired) electrons. The van der Waals surface area contributed by atoms with Crippen molar-refractivity contribution in [2.45, 2.75) is 55.8 Å². The number of hydrogen-bond donors (Lipinski definition) is 1. The lowest BCUT2D eigenvalue weighted by Gasteiger charge is -2.20. The molecule has 1 amide bonds. The first-order valence-corrected chi connectivity index (χ1v) is 13.4. The Balaban J connectivity index is 1.50. The average Bonchev–Trinajstić information content (AvgIpc) is 3.47. The Labute approximate surface area is 192 Å². The lowest BCUT2D eigenvalue weighted by molar-refractivity contribution is -0.139. The number of allylic oxidation sites excluding steroid dienone is 2. The van der Waals surface area contributed by atoms with Crippen LogP contribution in [0.25, 0.3) is 0 Å². The van der Waals surface area contributed by atoms with Crippen LogP contribution in [-0.2, 0) is 24.1 Å². The van der Waals surface area contributed by atoms with Crippen LogP contribution in [0.5, 0.6) is 0 Å². The van der Waals surface area contributed by atoms with Crippen molar-refractivity contribution in [2.75, 3.05) is 18.2 Å². The maximum Gasteiger partial charge on any atom is 0.233 e. The van der Waals surface area contributed by atoms with Crippen molar-refractivity contribution in [3.8, 4) is 0 Å². The van der Waals surface area contributed by atoms with E-state index >= 15 is 0 Å². The number of ether oxygens (including phenoxy) is 2. The average molecular weight is 477 g/mol. The molecule has 2 aromatic rings. The standard InChI is InChI=1S/C23H28N2O5S2/c1-23(2)29-13-20(30-23)19-14-31-22(24-19)25-21(26)18(12-15-6-4-5-7-15)16-8-10-17(11-9-16)32(3,27)28/h4-5,8-11,14-15,18,20H,6-7,12-13H2,1-3H3,(H,24,25,26). The predicted octanol–water partition coefficient (Wildman–Crippen LogP) is 4.45. The zero-order valence-electron chi connectivity index (χ0n) is 18.4. The third-order valence-electron chi connectivity index (χ3n) is 5.79. The lowest BCUT2D eigenvalue weighted by atomic mass is 9.87. The van der Waals surface area contributed by atoms with Gasteiger partial charge in [-0.25, -0.2) is 13.4 Å². The summed E-state index contributed by atoms with van der Waals surface area (Å²) >= 11 is 1.36. The Morgan fingerprint density at radius 2 is 1.94 bits per heavy atom. The molecule has 2 aliphatic rings. The summed E-state index contributed by atoms with van der Waals surface area (Å²) in [6, 6.07) is 6.61. The molecule has 1 aliphatic carbocycles. The Morgan fingerprint density at radius 3 is 2.53 bits per heavy atom. The molecule has 1 aromatic carbocycles. The number of benzene rings is 1. The van der Waals surface area contributed by atoms with E-state index in [2.05, 4.69) is 22.5 Å². The number of carbonyl (C=O) groups is 1. The minimum Gasteiger partial charge on any atom is -0.347 e. The molecule has 1 fully saturated rings. The van der Waals surface area contributed by atoms with Gasteiger partial charge in [-0.15, -0.1) is 11.3 Å². The quantitative estimate of drug-likeness (QED) is 0.594. The van der Waals surface area contributed by atoms with Crippen molar-refractivity contribution in [2.24, 2.45) is 5.92 Å². The van der Waals surface area contributed by atoms with Gasteiger partial charge in [0.1, 0.15) is 6.10 Å². The third-order valence-corrected chi connectivity index (χ3v) is 7.70. The molecular weight excluding hydrogens is 448 g/mol. The number of carbonyl (C=O) groups excluding carboxylic acids is 1. The molecule has 0 bridgehead atoms. The zero-order valence-corrected chi connectivity index (χ0v) is 20.0. The van der Waals surface area contributed by atoms with E-state index < -0.39 is 21.5 Å². The molecule has 32 heavy (non-hydrogen) atoms. The van der Waals surface area contributed by atoms with Crippen molar-refractivity contribution >= 4 is 32.2 Å². The Morgan fingerprint density at radius 1 is 1.25 bits per heavy atom. The largest absolute Gasteiger partial charge is 0.347 e. The van der Waals surface area contributed by atoms with E-state index in [1.807, 2.05) is 19.2 Å². The molecule has 0 spiro atoms. The van der Waals surface area contributed by atoms with E-state index in [4.69, 9.17) is 9.47 Å². The highest BCUT2D eigenvalue weighted by Gasteiger charge is 2.35. The summed E-state index contributed by atoms with van der Waals surface area (Å²) in [6.45, 7) is 4.15. The molecule has 2 heterocycles. The smallest absolute Gasteiger partial charge is 0.233 e. The van der Waals surface area contributed by atoms with Gasteiger partial charge in [0, 0.05) is 11.6 Å². The predicted molar refractivity (Wildman–Crippen MR) is 123 cm³/mol. The van der Waals surface area contributed by atoms with E-state index in [1.165, 1.54) is 17.6 Å². The fourth-order valence-corrected chi connectivity index (χ4v) is 5.44. The second-order valence-corrected chi connectivity index (χ2v) is 11.7. The minimum atomic E-state index is -3.29. The fraction of sp³-hybridized carbons (Fsp3) is 0.478. The van der Waals surface area contributed by atoms with Gasteiger partial charge in [-0.05, 0) is 56.7 Å². The number of sulfone groups is 1. The van der Waals surface area contributed by atoms with Crippen molar-refractivity contribution in [3.05, 3.63) is 53.1 Å². The van der Waals surface area contributed by atoms with Gasteiger partial charge < -0.3 is 14.8 Å². The second kappa shape index (κ2) is 9.05. The minimum absolute atomic E-state index is 0.145. The van der Waals surface area contributed by atoms with Crippen LogP contribution in [0.15, 0.2) is 46.7 Å². The highest BCUT2D eigenvalue weighted by Crippen LogP contribution is 2.35. The molecule has 1 aromatic heterocycles. The van der Waals surface area contributed by atoms with Gasteiger partial charge in [-0.1, -0.05) is 24.3 Å². The Hall–Kier alpha value is -2.07. The molecule has 1 aliphatic heterocycles. The van der Waals surface area contributed by atoms with Crippen molar-refractivity contribution in [1.29, 1.82) is 0 Å². The lowest BCUT2D eigenvalue weighted by Crippen LogP contribution is -2.23. The summed E-state index contributed by atoms with van der Waals surface area (Å²) in [5.74, 6) is -0.797. The van der Waals surface area contributed by atoms with Crippen LogP contribution < -0.4 is 5.32 Å². The molecule has 172 valence electrons. The van der Waals surface area contributed by atoms with Crippen molar-refractivity contribution in [1.82, 2.24) is 4.98 Å². The van der Waals surface area contributed by atoms with Gasteiger partial charge in [-0.2, -0.15) is 0 Å². The maximum atomic E-state index is 13.3. The molecule has 1 saturated heterocycles. The van der Waals surface area contributed by atoms with Crippen LogP contribution in [0.1, 0.15) is 56.4 Å². The molecule has 0 saturated carbocycles. The molecule has 2 unspecified atom stereocenters. The van der Waals surface area contributed by atoms with E-state index in [0.717, 1.165) is 24.1 Å². The maximum absolute atomic E-state index is 13.3. The molecular formula is C23H28N2O5S2. The first-order valence-electron chi connectivity index (χ1n) is 10.6. The highest BCUT2D eigenvalue weighted by molar-refractivity contribution is 7.90. The normalized spacial score (nSPS) is 21.7. The van der Waals surface area contributed by atoms with Gasteiger partial charge in [0.15, 0.2) is 20.8 Å². The number of nitrogens with one attached hydrogen (secondary N) is 1. The summed E-state index contributed by atoms with van der Waals surface area (Å²) in [6.07, 6.45) is 7.79. The van der Waals surface area contributed by atoms with Gasteiger partial charge in [0.25, 0.3) is 0 Å². The van der Waals surface area contributed by atoms with Crippen LogP contribution in [0, 0.1) is 5.92 Å². The van der Waals surface area contributed by atoms with Crippen LogP contribution in [-0.4, -0.2) is 38.0 Å². The van der Waals surface area contributed by atoms with Gasteiger partial charge in [-0.3, -0.25) is 4.79 Å². The van der Waals surface area contributed by atoms with Crippen LogP contribution >= 0.6 is 11.3 Å². The van der Waals surface area contributed by atoms with E-state index in [-0.39, 0.29) is 16.9 Å².